The van der Waals surface area contributed by atoms with E-state index in [0.29, 0.717) is 85.8 Å². The van der Waals surface area contributed by atoms with Gasteiger partial charge >= 0.3 is 0 Å². The Morgan fingerprint density at radius 1 is 0.883 bits per heavy atom. The molecule has 2 aromatic heterocycles. The molecule has 0 radical (unpaired) electrons. The Bertz CT molecular complexity index is 2530. The minimum absolute atomic E-state index is 0.0271. The lowest BCUT2D eigenvalue weighted by Gasteiger charge is -2.32. The third-order valence-electron chi connectivity index (χ3n) is 11.7. The molecule has 17 heteroatoms. The largest absolute Gasteiger partial charge is 0.384 e. The molecule has 2 N–H and O–H groups in total. The fourth-order valence-corrected chi connectivity index (χ4v) is 8.47. The number of carbonyl (C=O) groups is 5. The van der Waals surface area contributed by atoms with Gasteiger partial charge in [0.05, 0.1) is 59.5 Å². The maximum absolute atomic E-state index is 15.4. The van der Waals surface area contributed by atoms with Crippen LogP contribution in [0, 0.1) is 11.6 Å². The van der Waals surface area contributed by atoms with E-state index in [1.807, 2.05) is 15.8 Å². The van der Waals surface area contributed by atoms with Crippen LogP contribution >= 0.6 is 0 Å². The molecule has 5 aromatic rings. The number of nitrogens with one attached hydrogen (secondary N) is 2. The number of aromatic nitrogens is 4. The Labute approximate surface area is 342 Å². The number of likely N-dealkylation sites (tertiary alicyclic amines) is 1. The van der Waals surface area contributed by atoms with Gasteiger partial charge < -0.3 is 15.0 Å². The van der Waals surface area contributed by atoms with E-state index in [4.69, 9.17) is 9.72 Å². The van der Waals surface area contributed by atoms with Gasteiger partial charge in [0.1, 0.15) is 17.7 Å². The molecule has 1 unspecified atom stereocenters. The molecule has 9 rings (SSSR count). The van der Waals surface area contributed by atoms with Gasteiger partial charge in [-0.05, 0) is 55.2 Å². The maximum Gasteiger partial charge on any atom is 0.264 e. The standard InChI is InChI=1S/C43H41F2N9O6/c44-31-19-25(20-32(45)30(31)24-51-15-17-60-18-16-51)28-3-1-6-34-40(28)49-35(22-47-34)26-21-48-53(23-26)27-10-13-52(14-11-27)38(56)9-12-46-33-5-2-4-29-39(33)43(59)54(42(29)58)36-7-8-37(55)50-41(36)57/h1-6,19-23,27,36,46H,7-18,24H2,(H,50,55,57). The van der Waals surface area contributed by atoms with E-state index in [0.717, 1.165) is 10.5 Å². The van der Waals surface area contributed by atoms with E-state index in [-0.39, 0.29) is 61.0 Å². The van der Waals surface area contributed by atoms with Crippen molar-refractivity contribution in [3.8, 4) is 22.4 Å². The number of anilines is 1. The minimum atomic E-state index is -1.07. The van der Waals surface area contributed by atoms with Crippen LogP contribution in [-0.4, -0.2) is 116 Å². The van der Waals surface area contributed by atoms with E-state index in [1.165, 1.54) is 18.2 Å². The molecule has 5 amide bonds. The molecular weight excluding hydrogens is 777 g/mol. The predicted octanol–water partition coefficient (Wildman–Crippen LogP) is 4.34. The number of ether oxygens (including phenoxy) is 1. The first kappa shape index (κ1) is 39.0. The van der Waals surface area contributed by atoms with Crippen LogP contribution in [0.15, 0.2) is 67.1 Å². The molecule has 0 saturated carbocycles. The van der Waals surface area contributed by atoms with Crippen LogP contribution in [0.1, 0.15) is 64.4 Å². The fraction of sp³-hybridized carbons (Fsp3) is 0.349. The van der Waals surface area contributed by atoms with E-state index in [1.54, 1.807) is 47.6 Å². The molecule has 4 aliphatic rings. The summed E-state index contributed by atoms with van der Waals surface area (Å²) in [6, 6.07) is 11.9. The summed E-state index contributed by atoms with van der Waals surface area (Å²) in [4.78, 5) is 78.1. The second-order valence-corrected chi connectivity index (χ2v) is 15.4. The average molecular weight is 818 g/mol. The van der Waals surface area contributed by atoms with Gasteiger partial charge in [-0.1, -0.05) is 18.2 Å². The number of morpholine rings is 1. The lowest BCUT2D eigenvalue weighted by molar-refractivity contribution is -0.136. The topological polar surface area (TPSA) is 172 Å². The molecule has 4 aliphatic heterocycles. The van der Waals surface area contributed by atoms with Crippen LogP contribution in [0.5, 0.6) is 0 Å². The summed E-state index contributed by atoms with van der Waals surface area (Å²) < 4.78 is 38.0. The summed E-state index contributed by atoms with van der Waals surface area (Å²) in [7, 11) is 0. The van der Waals surface area contributed by atoms with Crippen molar-refractivity contribution in [2.24, 2.45) is 0 Å². The first-order valence-corrected chi connectivity index (χ1v) is 20.1. The highest BCUT2D eigenvalue weighted by atomic mass is 19.1. The van der Waals surface area contributed by atoms with Crippen LogP contribution in [0.4, 0.5) is 14.5 Å². The summed E-state index contributed by atoms with van der Waals surface area (Å²) in [6.07, 6.45) is 6.85. The maximum atomic E-state index is 15.4. The summed E-state index contributed by atoms with van der Waals surface area (Å²) in [5.41, 5.74) is 4.04. The van der Waals surface area contributed by atoms with Gasteiger partial charge in [0.15, 0.2) is 0 Å². The highest BCUT2D eigenvalue weighted by Crippen LogP contribution is 2.34. The molecule has 3 fully saturated rings. The van der Waals surface area contributed by atoms with Gasteiger partial charge in [-0.2, -0.15) is 5.10 Å². The molecule has 6 heterocycles. The highest BCUT2D eigenvalue weighted by Gasteiger charge is 2.45. The van der Waals surface area contributed by atoms with Crippen molar-refractivity contribution in [3.05, 3.63) is 95.4 Å². The van der Waals surface area contributed by atoms with Gasteiger partial charge in [-0.3, -0.25) is 48.8 Å². The van der Waals surface area contributed by atoms with Crippen molar-refractivity contribution in [1.29, 1.82) is 0 Å². The van der Waals surface area contributed by atoms with Gasteiger partial charge in [0, 0.05) is 80.7 Å². The number of piperidine rings is 2. The Balaban J connectivity index is 0.815. The van der Waals surface area contributed by atoms with Crippen molar-refractivity contribution in [1.82, 2.24) is 39.8 Å². The molecule has 3 saturated heterocycles. The number of benzene rings is 3. The zero-order valence-corrected chi connectivity index (χ0v) is 32.5. The third kappa shape index (κ3) is 7.49. The summed E-state index contributed by atoms with van der Waals surface area (Å²) in [5.74, 6) is -3.62. The van der Waals surface area contributed by atoms with E-state index in [9.17, 15) is 24.0 Å². The van der Waals surface area contributed by atoms with Crippen LogP contribution in [0.2, 0.25) is 0 Å². The number of amides is 5. The quantitative estimate of drug-likeness (QED) is 0.192. The molecule has 0 aliphatic carbocycles. The number of rotatable bonds is 10. The van der Waals surface area contributed by atoms with Crippen LogP contribution < -0.4 is 10.6 Å². The Kier molecular flexibility index (Phi) is 10.6. The Hall–Kier alpha value is -6.46. The number of para-hydroxylation sites is 1. The van der Waals surface area contributed by atoms with Gasteiger partial charge in [0.2, 0.25) is 17.7 Å². The number of halogens is 2. The number of fused-ring (bicyclic) bond motifs is 2. The lowest BCUT2D eigenvalue weighted by Crippen LogP contribution is -2.54. The van der Waals surface area contributed by atoms with Crippen LogP contribution in [-0.2, 0) is 25.7 Å². The predicted molar refractivity (Wildman–Crippen MR) is 213 cm³/mol. The molecule has 3 aromatic carbocycles. The number of hydrogen-bond donors (Lipinski definition) is 2. The average Bonchev–Trinajstić information content (AvgIpc) is 3.85. The lowest BCUT2D eigenvalue weighted by atomic mass is 10.0. The molecule has 1 atom stereocenters. The Morgan fingerprint density at radius 3 is 2.40 bits per heavy atom. The monoisotopic (exact) mass is 817 g/mol. The Morgan fingerprint density at radius 2 is 1.63 bits per heavy atom. The number of nitrogens with zero attached hydrogens (tertiary/aromatic N) is 7. The SMILES string of the molecule is O=C1CCC(N2C(=O)c3cccc(NCCC(=O)N4CCC(n5cc(-c6cnc7cccc(-c8cc(F)c(CN9CCOCC9)c(F)c8)c7n6)cn5)CC4)c3C2=O)C(=O)N1. The number of hydrogen-bond acceptors (Lipinski definition) is 11. The molecule has 15 nitrogen and oxygen atoms in total. The van der Waals surface area contributed by atoms with E-state index < -0.39 is 41.3 Å². The second-order valence-electron chi connectivity index (χ2n) is 15.4. The zero-order valence-electron chi connectivity index (χ0n) is 32.5. The molecule has 60 heavy (non-hydrogen) atoms. The summed E-state index contributed by atoms with van der Waals surface area (Å²) >= 11 is 0. The molecule has 0 bridgehead atoms. The van der Waals surface area contributed by atoms with Crippen molar-refractivity contribution in [3.63, 3.8) is 0 Å². The van der Waals surface area contributed by atoms with Crippen LogP contribution in [0.3, 0.4) is 0 Å². The normalized spacial score (nSPS) is 18.9. The minimum Gasteiger partial charge on any atom is -0.384 e. The molecule has 308 valence electrons. The van der Waals surface area contributed by atoms with E-state index in [2.05, 4.69) is 20.7 Å². The summed E-state index contributed by atoms with van der Waals surface area (Å²) in [5, 5.41) is 9.96. The molecular formula is C43H41F2N9O6. The number of carbonyl (C=O) groups excluding carboxylic acids is 5. The molecule has 0 spiro atoms. The smallest absolute Gasteiger partial charge is 0.264 e. The van der Waals surface area contributed by atoms with Crippen molar-refractivity contribution in [2.75, 3.05) is 51.3 Å². The first-order valence-electron chi connectivity index (χ1n) is 20.1. The van der Waals surface area contributed by atoms with Gasteiger partial charge in [-0.25, -0.2) is 13.8 Å². The van der Waals surface area contributed by atoms with Gasteiger partial charge in [0.25, 0.3) is 11.8 Å². The van der Waals surface area contributed by atoms with Gasteiger partial charge in [-0.15, -0.1) is 0 Å². The third-order valence-corrected chi connectivity index (χ3v) is 11.7. The van der Waals surface area contributed by atoms with E-state index >= 15 is 8.78 Å². The van der Waals surface area contributed by atoms with Crippen molar-refractivity contribution < 1.29 is 37.5 Å². The fourth-order valence-electron chi connectivity index (χ4n) is 8.47. The van der Waals surface area contributed by atoms with Crippen LogP contribution in [0.25, 0.3) is 33.4 Å². The van der Waals surface area contributed by atoms with Crippen molar-refractivity contribution in [2.45, 2.75) is 50.7 Å². The highest BCUT2D eigenvalue weighted by molar-refractivity contribution is 6.25. The second kappa shape index (κ2) is 16.3. The zero-order chi connectivity index (χ0) is 41.5. The summed E-state index contributed by atoms with van der Waals surface area (Å²) in [6.45, 7) is 3.72. The number of imide groups is 2. The first-order chi connectivity index (χ1) is 29.1. The van der Waals surface area contributed by atoms with Crippen molar-refractivity contribution >= 4 is 46.3 Å².